The molecule has 1 aliphatic heterocycles. The number of aromatic nitrogens is 4. The van der Waals surface area contributed by atoms with Crippen molar-refractivity contribution in [3.63, 3.8) is 0 Å². The first-order chi connectivity index (χ1) is 12.8. The van der Waals surface area contributed by atoms with Crippen LogP contribution in [-0.2, 0) is 0 Å². The molecule has 1 amide bonds. The number of hydrogen-bond donors (Lipinski definition) is 1. The van der Waals surface area contributed by atoms with Gasteiger partial charge in [-0.2, -0.15) is 5.10 Å². The average Bonchev–Trinajstić information content (AvgIpc) is 3.24. The van der Waals surface area contributed by atoms with Crippen molar-refractivity contribution in [2.45, 2.75) is 19.3 Å². The smallest absolute Gasteiger partial charge is 0.259 e. The number of carbonyl (C=O) groups is 1. The highest BCUT2D eigenvalue weighted by Crippen LogP contribution is 2.22. The summed E-state index contributed by atoms with van der Waals surface area (Å²) in [6.45, 7) is 1.88. The van der Waals surface area contributed by atoms with E-state index in [4.69, 9.17) is 0 Å². The summed E-state index contributed by atoms with van der Waals surface area (Å²) < 4.78 is 1.67. The summed E-state index contributed by atoms with van der Waals surface area (Å²) in [4.78, 5) is 23.8. The molecule has 0 atom stereocenters. The van der Waals surface area contributed by atoms with Crippen LogP contribution in [0.25, 0.3) is 5.82 Å². The van der Waals surface area contributed by atoms with Gasteiger partial charge in [0, 0.05) is 31.7 Å². The molecule has 1 saturated heterocycles. The van der Waals surface area contributed by atoms with Crippen molar-refractivity contribution >= 4 is 17.4 Å². The lowest BCUT2D eigenvalue weighted by molar-refractivity contribution is 0.102. The molecule has 4 heterocycles. The summed E-state index contributed by atoms with van der Waals surface area (Å²) in [5.74, 6) is 1.28. The number of hydrogen-bond acceptors (Lipinski definition) is 5. The van der Waals surface area contributed by atoms with Crippen molar-refractivity contribution in [2.75, 3.05) is 23.3 Å². The van der Waals surface area contributed by atoms with Gasteiger partial charge >= 0.3 is 0 Å². The molecule has 4 rings (SSSR count). The monoisotopic (exact) mass is 348 g/mol. The van der Waals surface area contributed by atoms with E-state index in [1.165, 1.54) is 6.42 Å². The molecular formula is C19H20N6O. The molecule has 7 nitrogen and oxygen atoms in total. The number of amides is 1. The summed E-state index contributed by atoms with van der Waals surface area (Å²) >= 11 is 0. The van der Waals surface area contributed by atoms with Crippen LogP contribution in [0.2, 0.25) is 0 Å². The molecular weight excluding hydrogens is 328 g/mol. The third-order valence-electron chi connectivity index (χ3n) is 4.43. The van der Waals surface area contributed by atoms with Gasteiger partial charge in [0.1, 0.15) is 5.82 Å². The SMILES string of the molecule is O=C(Nc1ccc(-n2cccn2)nc1)c1cccnc1N1CCCCC1. The second kappa shape index (κ2) is 7.35. The Morgan fingerprint density at radius 1 is 1.00 bits per heavy atom. The summed E-state index contributed by atoms with van der Waals surface area (Å²) in [6.07, 6.45) is 10.4. The highest BCUT2D eigenvalue weighted by atomic mass is 16.1. The molecule has 7 heteroatoms. The van der Waals surface area contributed by atoms with Crippen LogP contribution in [0.5, 0.6) is 0 Å². The first kappa shape index (κ1) is 16.3. The Hall–Kier alpha value is -3.22. The minimum absolute atomic E-state index is 0.174. The quantitative estimate of drug-likeness (QED) is 0.784. The van der Waals surface area contributed by atoms with Crippen molar-refractivity contribution < 1.29 is 4.79 Å². The van der Waals surface area contributed by atoms with Crippen LogP contribution in [0.1, 0.15) is 29.6 Å². The Morgan fingerprint density at radius 2 is 1.88 bits per heavy atom. The number of pyridine rings is 2. The molecule has 0 radical (unpaired) electrons. The van der Waals surface area contributed by atoms with E-state index in [1.807, 2.05) is 30.5 Å². The zero-order valence-electron chi connectivity index (χ0n) is 14.4. The standard InChI is InChI=1S/C19H20N6O/c26-19(16-6-4-9-20-18(16)24-11-2-1-3-12-24)23-15-7-8-17(21-14-15)25-13-5-10-22-25/h4-10,13-14H,1-3,11-12H2,(H,23,26). The van der Waals surface area contributed by atoms with E-state index in [0.717, 1.165) is 31.7 Å². The molecule has 26 heavy (non-hydrogen) atoms. The van der Waals surface area contributed by atoms with Gasteiger partial charge in [0.25, 0.3) is 5.91 Å². The third-order valence-corrected chi connectivity index (χ3v) is 4.43. The fourth-order valence-corrected chi connectivity index (χ4v) is 3.13. The van der Waals surface area contributed by atoms with E-state index in [1.54, 1.807) is 29.3 Å². The van der Waals surface area contributed by atoms with Gasteiger partial charge in [-0.1, -0.05) is 0 Å². The van der Waals surface area contributed by atoms with Crippen LogP contribution in [0, 0.1) is 0 Å². The van der Waals surface area contributed by atoms with Crippen LogP contribution in [-0.4, -0.2) is 38.7 Å². The van der Waals surface area contributed by atoms with Crippen LogP contribution >= 0.6 is 0 Å². The molecule has 1 N–H and O–H groups in total. The number of nitrogens with one attached hydrogen (secondary N) is 1. The van der Waals surface area contributed by atoms with E-state index in [0.29, 0.717) is 17.1 Å². The first-order valence-electron chi connectivity index (χ1n) is 8.79. The van der Waals surface area contributed by atoms with Gasteiger partial charge in [-0.15, -0.1) is 0 Å². The highest BCUT2D eigenvalue weighted by molar-refractivity contribution is 6.07. The molecule has 0 spiro atoms. The first-order valence-corrected chi connectivity index (χ1v) is 8.79. The Kier molecular flexibility index (Phi) is 4.59. The van der Waals surface area contributed by atoms with Crippen LogP contribution in [0.3, 0.4) is 0 Å². The Morgan fingerprint density at radius 3 is 2.62 bits per heavy atom. The number of nitrogens with zero attached hydrogens (tertiary/aromatic N) is 5. The minimum Gasteiger partial charge on any atom is -0.356 e. The van der Waals surface area contributed by atoms with E-state index in [2.05, 4.69) is 25.3 Å². The van der Waals surface area contributed by atoms with E-state index in [9.17, 15) is 4.79 Å². The van der Waals surface area contributed by atoms with Crippen LogP contribution < -0.4 is 10.2 Å². The van der Waals surface area contributed by atoms with E-state index >= 15 is 0 Å². The summed E-state index contributed by atoms with van der Waals surface area (Å²) in [7, 11) is 0. The highest BCUT2D eigenvalue weighted by Gasteiger charge is 2.19. The zero-order valence-corrected chi connectivity index (χ0v) is 14.4. The van der Waals surface area contributed by atoms with Crippen molar-refractivity contribution in [1.82, 2.24) is 19.7 Å². The van der Waals surface area contributed by atoms with Crippen molar-refractivity contribution in [3.05, 3.63) is 60.7 Å². The molecule has 3 aromatic rings. The number of carbonyl (C=O) groups excluding carboxylic acids is 1. The van der Waals surface area contributed by atoms with Gasteiger partial charge in [0.2, 0.25) is 0 Å². The van der Waals surface area contributed by atoms with Crippen LogP contribution in [0.4, 0.5) is 11.5 Å². The van der Waals surface area contributed by atoms with Crippen LogP contribution in [0.15, 0.2) is 55.1 Å². The molecule has 1 aliphatic rings. The van der Waals surface area contributed by atoms with E-state index in [-0.39, 0.29) is 5.91 Å². The molecule has 132 valence electrons. The van der Waals surface area contributed by atoms with Gasteiger partial charge in [0.15, 0.2) is 5.82 Å². The topological polar surface area (TPSA) is 75.9 Å². The summed E-state index contributed by atoms with van der Waals surface area (Å²) in [6, 6.07) is 9.08. The summed E-state index contributed by atoms with van der Waals surface area (Å²) in [5, 5.41) is 7.05. The molecule has 0 aromatic carbocycles. The summed E-state index contributed by atoms with van der Waals surface area (Å²) in [5.41, 5.74) is 1.23. The Balaban J connectivity index is 1.51. The molecule has 0 bridgehead atoms. The Labute approximate surface area is 151 Å². The van der Waals surface area contributed by atoms with Crippen molar-refractivity contribution in [2.24, 2.45) is 0 Å². The molecule has 0 unspecified atom stereocenters. The lowest BCUT2D eigenvalue weighted by Gasteiger charge is -2.29. The molecule has 0 aliphatic carbocycles. The van der Waals surface area contributed by atoms with Crippen molar-refractivity contribution in [3.8, 4) is 5.82 Å². The largest absolute Gasteiger partial charge is 0.356 e. The molecule has 1 fully saturated rings. The second-order valence-electron chi connectivity index (χ2n) is 6.23. The number of anilines is 2. The van der Waals surface area contributed by atoms with Gasteiger partial charge in [0.05, 0.1) is 17.4 Å². The van der Waals surface area contributed by atoms with Gasteiger partial charge in [-0.05, 0) is 49.6 Å². The third kappa shape index (κ3) is 3.42. The Bertz CT molecular complexity index is 869. The second-order valence-corrected chi connectivity index (χ2v) is 6.23. The fraction of sp³-hybridized carbons (Fsp3) is 0.263. The number of piperidine rings is 1. The van der Waals surface area contributed by atoms with Gasteiger partial charge in [-0.25, -0.2) is 14.6 Å². The molecule has 3 aromatic heterocycles. The van der Waals surface area contributed by atoms with Gasteiger partial charge in [-0.3, -0.25) is 4.79 Å². The number of rotatable bonds is 4. The van der Waals surface area contributed by atoms with Crippen molar-refractivity contribution in [1.29, 1.82) is 0 Å². The van der Waals surface area contributed by atoms with E-state index < -0.39 is 0 Å². The lowest BCUT2D eigenvalue weighted by Crippen LogP contribution is -2.32. The maximum atomic E-state index is 12.8. The zero-order chi connectivity index (χ0) is 17.8. The maximum absolute atomic E-state index is 12.8. The predicted octanol–water partition coefficient (Wildman–Crippen LogP) is 2.90. The lowest BCUT2D eigenvalue weighted by atomic mass is 10.1. The normalized spacial score (nSPS) is 14.2. The maximum Gasteiger partial charge on any atom is 0.259 e. The minimum atomic E-state index is -0.174. The predicted molar refractivity (Wildman–Crippen MR) is 99.6 cm³/mol. The van der Waals surface area contributed by atoms with Gasteiger partial charge < -0.3 is 10.2 Å². The molecule has 0 saturated carbocycles. The fourth-order valence-electron chi connectivity index (χ4n) is 3.13. The average molecular weight is 348 g/mol.